The Morgan fingerprint density at radius 2 is 1.85 bits per heavy atom. The highest BCUT2D eigenvalue weighted by Crippen LogP contribution is 2.29. The number of hydrogen-bond acceptors (Lipinski definition) is 4. The average Bonchev–Trinajstić information content (AvgIpc) is 3.00. The predicted molar refractivity (Wildman–Crippen MR) is 98.6 cm³/mol. The predicted octanol–water partition coefficient (Wildman–Crippen LogP) is 3.89. The van der Waals surface area contributed by atoms with Crippen LogP contribution >= 0.6 is 23.2 Å². The van der Waals surface area contributed by atoms with Crippen molar-refractivity contribution >= 4 is 52.1 Å². The summed E-state index contributed by atoms with van der Waals surface area (Å²) in [6, 6.07) is 10.4. The Balaban J connectivity index is 1.69. The number of halogens is 2. The second kappa shape index (κ2) is 7.31. The van der Waals surface area contributed by atoms with Crippen molar-refractivity contribution < 1.29 is 14.5 Å². The van der Waals surface area contributed by atoms with E-state index in [1.54, 1.807) is 12.1 Å². The summed E-state index contributed by atoms with van der Waals surface area (Å²) in [5, 5.41) is 14.1. The van der Waals surface area contributed by atoms with Crippen LogP contribution in [0.4, 0.5) is 17.1 Å². The summed E-state index contributed by atoms with van der Waals surface area (Å²) < 4.78 is 0. The third kappa shape index (κ3) is 3.79. The largest absolute Gasteiger partial charge is 0.326 e. The molecule has 1 aliphatic heterocycles. The van der Waals surface area contributed by atoms with Crippen LogP contribution in [0.5, 0.6) is 0 Å². The van der Waals surface area contributed by atoms with E-state index in [0.717, 1.165) is 0 Å². The highest BCUT2D eigenvalue weighted by atomic mass is 35.5. The van der Waals surface area contributed by atoms with Crippen LogP contribution in [0.3, 0.4) is 0 Å². The fourth-order valence-electron chi connectivity index (χ4n) is 2.71. The number of benzene rings is 2. The zero-order valence-electron chi connectivity index (χ0n) is 13.3. The third-order valence-corrected chi connectivity index (χ3v) is 4.79. The molecule has 7 nitrogen and oxygen atoms in total. The minimum atomic E-state index is -0.535. The van der Waals surface area contributed by atoms with Crippen molar-refractivity contribution in [2.24, 2.45) is 5.92 Å². The van der Waals surface area contributed by atoms with Gasteiger partial charge >= 0.3 is 0 Å². The van der Waals surface area contributed by atoms with E-state index in [4.69, 9.17) is 23.2 Å². The Hall–Kier alpha value is -2.64. The first-order chi connectivity index (χ1) is 12.3. The maximum Gasteiger partial charge on any atom is 0.269 e. The van der Waals surface area contributed by atoms with Gasteiger partial charge in [0.05, 0.1) is 20.9 Å². The number of nitro benzene ring substituents is 1. The van der Waals surface area contributed by atoms with Gasteiger partial charge in [0.15, 0.2) is 0 Å². The lowest BCUT2D eigenvalue weighted by Crippen LogP contribution is -2.28. The minimum absolute atomic E-state index is 0.0597. The van der Waals surface area contributed by atoms with E-state index in [2.05, 4.69) is 5.32 Å². The van der Waals surface area contributed by atoms with Crippen LogP contribution in [-0.4, -0.2) is 23.3 Å². The highest BCUT2D eigenvalue weighted by Gasteiger charge is 2.35. The Bertz CT molecular complexity index is 886. The number of amides is 2. The quantitative estimate of drug-likeness (QED) is 0.629. The van der Waals surface area contributed by atoms with Crippen LogP contribution in [0.1, 0.15) is 6.42 Å². The second-order valence-corrected chi connectivity index (χ2v) is 6.61. The molecule has 1 atom stereocenters. The molecule has 0 aliphatic carbocycles. The number of carbonyl (C=O) groups is 2. The molecular weight excluding hydrogens is 381 g/mol. The summed E-state index contributed by atoms with van der Waals surface area (Å²) in [4.78, 5) is 36.3. The number of anilines is 2. The lowest BCUT2D eigenvalue weighted by molar-refractivity contribution is -0.384. The summed E-state index contributed by atoms with van der Waals surface area (Å²) in [5.41, 5.74) is 0.949. The first kappa shape index (κ1) is 18.2. The first-order valence-corrected chi connectivity index (χ1v) is 8.41. The smallest absolute Gasteiger partial charge is 0.269 e. The fraction of sp³-hybridized carbons (Fsp3) is 0.176. The number of nitrogens with one attached hydrogen (secondary N) is 1. The molecule has 0 spiro atoms. The van der Waals surface area contributed by atoms with Crippen LogP contribution in [0.15, 0.2) is 42.5 Å². The van der Waals surface area contributed by atoms with Crippen molar-refractivity contribution in [1.82, 2.24) is 0 Å². The molecule has 1 heterocycles. The molecule has 9 heteroatoms. The van der Waals surface area contributed by atoms with Crippen molar-refractivity contribution in [3.8, 4) is 0 Å². The zero-order chi connectivity index (χ0) is 18.8. The molecule has 0 radical (unpaired) electrons. The number of hydrogen-bond donors (Lipinski definition) is 1. The molecule has 1 saturated heterocycles. The number of nitro groups is 1. The SMILES string of the molecule is O=C(Nc1ccc(Cl)c(Cl)c1)[C@H]1CC(=O)N(c2ccc([N+](=O)[O-])cc2)C1. The van der Waals surface area contributed by atoms with E-state index in [1.807, 2.05) is 0 Å². The molecule has 2 aromatic rings. The van der Waals surface area contributed by atoms with E-state index >= 15 is 0 Å². The van der Waals surface area contributed by atoms with Crippen molar-refractivity contribution in [3.63, 3.8) is 0 Å². The standard InChI is InChI=1S/C17H13Cl2N3O4/c18-14-6-1-11(8-15(14)19)20-17(24)10-7-16(23)21(9-10)12-2-4-13(5-3-12)22(25)26/h1-6,8,10H,7,9H2,(H,20,24)/t10-/m0/s1. The number of non-ortho nitro benzene ring substituents is 1. The summed E-state index contributed by atoms with van der Waals surface area (Å²) in [6.07, 6.45) is 0.0597. The molecule has 134 valence electrons. The van der Waals surface area contributed by atoms with E-state index in [0.29, 0.717) is 21.4 Å². The summed E-state index contributed by atoms with van der Waals surface area (Å²) >= 11 is 11.8. The monoisotopic (exact) mass is 393 g/mol. The number of rotatable bonds is 4. The van der Waals surface area contributed by atoms with Crippen LogP contribution in [0.25, 0.3) is 0 Å². The van der Waals surface area contributed by atoms with Gasteiger partial charge in [-0.3, -0.25) is 19.7 Å². The normalized spacial score (nSPS) is 16.6. The lowest BCUT2D eigenvalue weighted by Gasteiger charge is -2.16. The Labute approximate surface area is 158 Å². The first-order valence-electron chi connectivity index (χ1n) is 7.66. The molecular formula is C17H13Cl2N3O4. The summed E-state index contributed by atoms with van der Waals surface area (Å²) in [7, 11) is 0. The van der Waals surface area contributed by atoms with Gasteiger partial charge in [0, 0.05) is 36.5 Å². The molecule has 1 fully saturated rings. The summed E-state index contributed by atoms with van der Waals surface area (Å²) in [6.45, 7) is 0.198. The molecule has 3 rings (SSSR count). The van der Waals surface area contributed by atoms with Crippen molar-refractivity contribution in [1.29, 1.82) is 0 Å². The average molecular weight is 394 g/mol. The van der Waals surface area contributed by atoms with Gasteiger partial charge in [-0.05, 0) is 30.3 Å². The van der Waals surface area contributed by atoms with E-state index in [9.17, 15) is 19.7 Å². The van der Waals surface area contributed by atoms with Gasteiger partial charge in [-0.2, -0.15) is 0 Å². The zero-order valence-corrected chi connectivity index (χ0v) is 14.8. The topological polar surface area (TPSA) is 92.6 Å². The van der Waals surface area contributed by atoms with Crippen LogP contribution in [-0.2, 0) is 9.59 Å². The minimum Gasteiger partial charge on any atom is -0.326 e. The maximum atomic E-state index is 12.4. The number of carbonyl (C=O) groups excluding carboxylic acids is 2. The second-order valence-electron chi connectivity index (χ2n) is 5.80. The molecule has 0 unspecified atom stereocenters. The van der Waals surface area contributed by atoms with E-state index in [-0.39, 0.29) is 30.5 Å². The maximum absolute atomic E-state index is 12.4. The molecule has 0 bridgehead atoms. The third-order valence-electron chi connectivity index (χ3n) is 4.06. The molecule has 0 aromatic heterocycles. The Morgan fingerprint density at radius 3 is 2.46 bits per heavy atom. The van der Waals surface area contributed by atoms with E-state index < -0.39 is 10.8 Å². The van der Waals surface area contributed by atoms with E-state index in [1.165, 1.54) is 35.2 Å². The number of nitrogens with zero attached hydrogens (tertiary/aromatic N) is 2. The van der Waals surface area contributed by atoms with Crippen molar-refractivity contribution in [2.75, 3.05) is 16.8 Å². The molecule has 2 aromatic carbocycles. The van der Waals surface area contributed by atoms with Crippen LogP contribution < -0.4 is 10.2 Å². The Kier molecular flexibility index (Phi) is 5.11. The summed E-state index contributed by atoms with van der Waals surface area (Å²) in [5.74, 6) is -1.05. The fourth-order valence-corrected chi connectivity index (χ4v) is 3.00. The van der Waals surface area contributed by atoms with Gasteiger partial charge in [0.2, 0.25) is 11.8 Å². The van der Waals surface area contributed by atoms with Gasteiger partial charge in [0.1, 0.15) is 0 Å². The molecule has 0 saturated carbocycles. The van der Waals surface area contributed by atoms with Gasteiger partial charge < -0.3 is 10.2 Å². The lowest BCUT2D eigenvalue weighted by atomic mass is 10.1. The Morgan fingerprint density at radius 1 is 1.15 bits per heavy atom. The van der Waals surface area contributed by atoms with Gasteiger partial charge in [-0.15, -0.1) is 0 Å². The molecule has 1 N–H and O–H groups in total. The van der Waals surface area contributed by atoms with Crippen molar-refractivity contribution in [2.45, 2.75) is 6.42 Å². The molecule has 26 heavy (non-hydrogen) atoms. The van der Waals surface area contributed by atoms with Gasteiger partial charge in [-0.1, -0.05) is 23.2 Å². The molecule has 1 aliphatic rings. The van der Waals surface area contributed by atoms with Gasteiger partial charge in [0.25, 0.3) is 5.69 Å². The van der Waals surface area contributed by atoms with Crippen LogP contribution in [0.2, 0.25) is 10.0 Å². The van der Waals surface area contributed by atoms with Crippen molar-refractivity contribution in [3.05, 3.63) is 62.6 Å². The molecule has 2 amide bonds. The van der Waals surface area contributed by atoms with Crippen LogP contribution in [0, 0.1) is 16.0 Å². The highest BCUT2D eigenvalue weighted by molar-refractivity contribution is 6.42. The van der Waals surface area contributed by atoms with Gasteiger partial charge in [-0.25, -0.2) is 0 Å².